The Morgan fingerprint density at radius 2 is 1.50 bits per heavy atom. The minimum Gasteiger partial charge on any atom is -0.463 e. The maximum absolute atomic E-state index is 12.4. The molecule has 0 bridgehead atoms. The summed E-state index contributed by atoms with van der Waals surface area (Å²) < 4.78 is 35.2. The maximum Gasteiger partial charge on any atom is 0.303 e. The molecular weight excluding hydrogens is 624 g/mol. The number of hydrogen-bond acceptors (Lipinski definition) is 12. The van der Waals surface area contributed by atoms with E-state index in [0.29, 0.717) is 17.8 Å². The molecule has 266 valence electrons. The monoisotopic (exact) mass is 674 g/mol. The molecule has 1 saturated heterocycles. The molecule has 4 fully saturated rings. The molecule has 4 aliphatic carbocycles. The molecule has 5 aliphatic rings. The van der Waals surface area contributed by atoms with Crippen molar-refractivity contribution in [1.29, 1.82) is 0 Å². The van der Waals surface area contributed by atoms with Gasteiger partial charge in [0, 0.05) is 27.7 Å². The second-order valence-corrected chi connectivity index (χ2v) is 14.4. The van der Waals surface area contributed by atoms with Gasteiger partial charge in [0.2, 0.25) is 5.96 Å². The Bertz CT molecular complexity index is 1380. The predicted molar refractivity (Wildman–Crippen MR) is 172 cm³/mol. The number of fused-ring (bicyclic) bond motifs is 5. The zero-order valence-electron chi connectivity index (χ0n) is 28.8. The summed E-state index contributed by atoms with van der Waals surface area (Å²) in [4.78, 5) is 48.5. The number of ether oxygens (including phenoxy) is 6. The van der Waals surface area contributed by atoms with Crippen molar-refractivity contribution in [3.8, 4) is 0 Å². The fraction of sp³-hybridized carbons (Fsp3) is 0.765. The molecule has 1 aliphatic heterocycles. The molecule has 5 rings (SSSR count). The molecule has 4 N–H and O–H groups in total. The summed E-state index contributed by atoms with van der Waals surface area (Å²) in [5.41, 5.74) is 13.2. The van der Waals surface area contributed by atoms with Crippen LogP contribution in [0.25, 0.3) is 0 Å². The first-order valence-electron chi connectivity index (χ1n) is 16.9. The summed E-state index contributed by atoms with van der Waals surface area (Å²) >= 11 is 0. The van der Waals surface area contributed by atoms with Crippen LogP contribution in [0.1, 0.15) is 92.9 Å². The van der Waals surface area contributed by atoms with Crippen LogP contribution >= 0.6 is 0 Å². The van der Waals surface area contributed by atoms with E-state index in [4.69, 9.17) is 39.9 Å². The van der Waals surface area contributed by atoms with Gasteiger partial charge < -0.3 is 39.9 Å². The lowest BCUT2D eigenvalue weighted by Crippen LogP contribution is -2.63. The van der Waals surface area contributed by atoms with Gasteiger partial charge in [-0.1, -0.05) is 19.4 Å². The van der Waals surface area contributed by atoms with E-state index in [9.17, 15) is 19.2 Å². The van der Waals surface area contributed by atoms with Crippen molar-refractivity contribution in [2.45, 2.75) is 130 Å². The zero-order chi connectivity index (χ0) is 35.0. The molecular formula is C34H50N4O10. The van der Waals surface area contributed by atoms with Crippen LogP contribution in [0.15, 0.2) is 21.9 Å². The van der Waals surface area contributed by atoms with E-state index >= 15 is 0 Å². The van der Waals surface area contributed by atoms with Crippen molar-refractivity contribution >= 4 is 35.5 Å². The van der Waals surface area contributed by atoms with E-state index in [1.807, 2.05) is 0 Å². The number of esters is 4. The van der Waals surface area contributed by atoms with Gasteiger partial charge in [-0.15, -0.1) is 5.10 Å². The van der Waals surface area contributed by atoms with E-state index < -0.39 is 54.6 Å². The second kappa shape index (κ2) is 14.1. The number of hydrogen-bond donors (Lipinski definition) is 2. The molecule has 48 heavy (non-hydrogen) atoms. The van der Waals surface area contributed by atoms with Crippen LogP contribution in [0, 0.1) is 28.6 Å². The molecule has 0 aromatic rings. The average Bonchev–Trinajstić information content (AvgIpc) is 3.33. The third kappa shape index (κ3) is 7.24. The minimum atomic E-state index is -1.26. The van der Waals surface area contributed by atoms with Crippen molar-refractivity contribution in [2.75, 3.05) is 6.61 Å². The molecule has 1 heterocycles. The molecule has 14 nitrogen and oxygen atoms in total. The second-order valence-electron chi connectivity index (χ2n) is 14.4. The topological polar surface area (TPSA) is 200 Å². The van der Waals surface area contributed by atoms with Gasteiger partial charge in [-0.05, 0) is 86.0 Å². The van der Waals surface area contributed by atoms with Gasteiger partial charge in [-0.25, -0.2) is 0 Å². The van der Waals surface area contributed by atoms with Gasteiger partial charge in [-0.2, -0.15) is 5.10 Å². The summed E-state index contributed by atoms with van der Waals surface area (Å²) in [7, 11) is 0. The fourth-order valence-corrected chi connectivity index (χ4v) is 9.41. The first kappa shape index (κ1) is 35.8. The van der Waals surface area contributed by atoms with Crippen molar-refractivity contribution in [2.24, 2.45) is 50.3 Å². The SMILES string of the molecule is CC(=O)OCC1OC(OC2CCC3C4CCC5=CC(=NN=C(N)N)CCC5(C)C4CCC23C)C(OC(C)=O)C(OC(C)=O)C1OC(C)=O. The number of carbonyl (C=O) groups is 4. The predicted octanol–water partition coefficient (Wildman–Crippen LogP) is 3.05. The van der Waals surface area contributed by atoms with Crippen LogP contribution in [-0.4, -0.2) is 79.0 Å². The third-order valence-electron chi connectivity index (χ3n) is 11.4. The van der Waals surface area contributed by atoms with Gasteiger partial charge in [0.05, 0.1) is 11.8 Å². The molecule has 3 saturated carbocycles. The Morgan fingerprint density at radius 3 is 2.15 bits per heavy atom. The van der Waals surface area contributed by atoms with E-state index in [2.05, 4.69) is 30.1 Å². The van der Waals surface area contributed by atoms with Gasteiger partial charge in [-0.3, -0.25) is 19.2 Å². The number of carbonyl (C=O) groups excluding carboxylic acids is 4. The van der Waals surface area contributed by atoms with Gasteiger partial charge in [0.15, 0.2) is 24.6 Å². The van der Waals surface area contributed by atoms with Crippen LogP contribution in [0.5, 0.6) is 0 Å². The first-order valence-corrected chi connectivity index (χ1v) is 16.9. The van der Waals surface area contributed by atoms with E-state index in [-0.39, 0.29) is 29.5 Å². The molecule has 0 spiro atoms. The van der Waals surface area contributed by atoms with E-state index in [0.717, 1.165) is 57.1 Å². The van der Waals surface area contributed by atoms with Crippen LogP contribution in [0.4, 0.5) is 0 Å². The highest BCUT2D eigenvalue weighted by Gasteiger charge is 2.61. The summed E-state index contributed by atoms with van der Waals surface area (Å²) in [6.45, 7) is 9.27. The molecule has 0 amide bonds. The minimum absolute atomic E-state index is 0.0497. The highest BCUT2D eigenvalue weighted by molar-refractivity contribution is 5.97. The standard InChI is InChI=1S/C34H50N4O10/c1-17(39)43-16-26-28(44-18(2)40)29(45-19(3)41)30(46-20(4)42)31(47-26)48-27-10-9-24-23-8-7-21-15-22(37-38-32(35)36)11-13-33(21,5)25(23)12-14-34(24,27)6/h15,23-31H,7-14,16H2,1-6H3,(H4,35,36,38). The average molecular weight is 675 g/mol. The van der Waals surface area contributed by atoms with Crippen LogP contribution in [0.3, 0.4) is 0 Å². The lowest BCUT2D eigenvalue weighted by atomic mass is 9.47. The summed E-state index contributed by atoms with van der Waals surface area (Å²) in [6, 6.07) is 0. The van der Waals surface area contributed by atoms with Gasteiger partial charge in [0.1, 0.15) is 12.7 Å². The highest BCUT2D eigenvalue weighted by Crippen LogP contribution is 2.65. The van der Waals surface area contributed by atoms with Crippen LogP contribution in [0.2, 0.25) is 0 Å². The Morgan fingerprint density at radius 1 is 0.833 bits per heavy atom. The van der Waals surface area contributed by atoms with Crippen LogP contribution in [-0.2, 0) is 47.6 Å². The largest absolute Gasteiger partial charge is 0.463 e. The number of allylic oxidation sites excluding steroid dienone is 2. The molecule has 11 unspecified atom stereocenters. The third-order valence-corrected chi connectivity index (χ3v) is 11.4. The molecule has 0 radical (unpaired) electrons. The van der Waals surface area contributed by atoms with Crippen molar-refractivity contribution < 1.29 is 47.6 Å². The van der Waals surface area contributed by atoms with Crippen molar-refractivity contribution in [3.63, 3.8) is 0 Å². The number of nitrogens with zero attached hydrogens (tertiary/aromatic N) is 2. The van der Waals surface area contributed by atoms with Crippen molar-refractivity contribution in [1.82, 2.24) is 0 Å². The van der Waals surface area contributed by atoms with E-state index in [1.54, 1.807) is 0 Å². The summed E-state index contributed by atoms with van der Waals surface area (Å²) in [6.07, 6.45) is 3.58. The van der Waals surface area contributed by atoms with Gasteiger partial charge in [0.25, 0.3) is 0 Å². The molecule has 0 aromatic carbocycles. The highest BCUT2D eigenvalue weighted by atomic mass is 16.7. The molecule has 14 heteroatoms. The lowest BCUT2D eigenvalue weighted by molar-refractivity contribution is -0.324. The maximum atomic E-state index is 12.4. The van der Waals surface area contributed by atoms with Gasteiger partial charge >= 0.3 is 23.9 Å². The molecule has 0 aromatic heterocycles. The van der Waals surface area contributed by atoms with Crippen molar-refractivity contribution in [3.05, 3.63) is 11.6 Å². The molecule has 11 atom stereocenters. The Kier molecular flexibility index (Phi) is 10.5. The Balaban J connectivity index is 1.39. The summed E-state index contributed by atoms with van der Waals surface area (Å²) in [5.74, 6) is -1.19. The lowest BCUT2D eigenvalue weighted by Gasteiger charge is -2.58. The number of nitrogens with two attached hydrogens (primary N) is 2. The Labute approximate surface area is 281 Å². The summed E-state index contributed by atoms with van der Waals surface area (Å²) in [5, 5.41) is 8.14. The van der Waals surface area contributed by atoms with Crippen LogP contribution < -0.4 is 11.5 Å². The normalized spacial score (nSPS) is 39.5. The fourth-order valence-electron chi connectivity index (χ4n) is 9.41. The zero-order valence-corrected chi connectivity index (χ0v) is 28.8. The Hall–Kier alpha value is -3.52. The quantitative estimate of drug-likeness (QED) is 0.126. The van der Waals surface area contributed by atoms with E-state index in [1.165, 1.54) is 33.3 Å². The smallest absolute Gasteiger partial charge is 0.303 e. The number of guanidine groups is 1. The number of rotatable bonds is 8. The first-order chi connectivity index (χ1) is 22.6.